The van der Waals surface area contributed by atoms with Crippen molar-refractivity contribution in [3.05, 3.63) is 29.8 Å². The Morgan fingerprint density at radius 2 is 1.65 bits per heavy atom. The summed E-state index contributed by atoms with van der Waals surface area (Å²) in [7, 11) is 2.18. The first-order chi connectivity index (χ1) is 8.27. The van der Waals surface area contributed by atoms with E-state index in [-0.39, 0.29) is 0 Å². The quantitative estimate of drug-likeness (QED) is 0.536. The van der Waals surface area contributed by atoms with Crippen molar-refractivity contribution in [1.29, 1.82) is 0 Å². The second kappa shape index (κ2) is 8.46. The normalized spacial score (nSPS) is 10.5. The summed E-state index contributed by atoms with van der Waals surface area (Å²) in [6, 6.07) is 8.92. The maximum absolute atomic E-state index is 4.23. The van der Waals surface area contributed by atoms with Crippen LogP contribution in [-0.2, 0) is 6.42 Å². The Labute approximate surface area is 112 Å². The molecule has 0 saturated heterocycles. The number of hydrogen-bond donors (Lipinski definition) is 1. The molecule has 0 fully saturated rings. The van der Waals surface area contributed by atoms with Crippen LogP contribution in [0.3, 0.4) is 0 Å². The highest BCUT2D eigenvalue weighted by atomic mass is 32.1. The fourth-order valence-electron chi connectivity index (χ4n) is 1.93. The van der Waals surface area contributed by atoms with Gasteiger partial charge in [-0.25, -0.2) is 0 Å². The second-order valence-electron chi connectivity index (χ2n) is 4.58. The predicted molar refractivity (Wildman–Crippen MR) is 81.4 cm³/mol. The second-order valence-corrected chi connectivity index (χ2v) is 5.03. The van der Waals surface area contributed by atoms with Gasteiger partial charge in [-0.15, -0.1) is 0 Å². The van der Waals surface area contributed by atoms with Gasteiger partial charge in [0.05, 0.1) is 0 Å². The molecule has 0 aliphatic heterocycles. The molecule has 96 valence electrons. The molecule has 0 spiro atoms. The van der Waals surface area contributed by atoms with Gasteiger partial charge in [0, 0.05) is 19.3 Å². The number of nitrogens with zero attached hydrogens (tertiary/aromatic N) is 1. The van der Waals surface area contributed by atoms with E-state index in [1.807, 2.05) is 0 Å². The number of rotatable bonds is 8. The Morgan fingerprint density at radius 3 is 2.24 bits per heavy atom. The molecule has 0 saturated carbocycles. The molecular weight excluding hydrogens is 226 g/mol. The van der Waals surface area contributed by atoms with E-state index in [0.29, 0.717) is 0 Å². The Balaban J connectivity index is 2.28. The van der Waals surface area contributed by atoms with Crippen molar-refractivity contribution in [2.75, 3.05) is 24.2 Å². The van der Waals surface area contributed by atoms with E-state index in [1.54, 1.807) is 0 Å². The standard InChI is InChI=1S/C15H25NS/c1-3-14-8-10-15(11-9-14)16(2)12-6-4-5-7-13-17/h8-11,17H,3-7,12-13H2,1-2H3. The van der Waals surface area contributed by atoms with E-state index in [0.717, 1.165) is 18.7 Å². The summed E-state index contributed by atoms with van der Waals surface area (Å²) in [5.41, 5.74) is 2.74. The lowest BCUT2D eigenvalue weighted by Gasteiger charge is -2.19. The van der Waals surface area contributed by atoms with E-state index in [2.05, 4.69) is 55.8 Å². The van der Waals surface area contributed by atoms with Crippen LogP contribution in [0.4, 0.5) is 5.69 Å². The molecule has 1 nitrogen and oxygen atoms in total. The van der Waals surface area contributed by atoms with Crippen LogP contribution < -0.4 is 4.90 Å². The third kappa shape index (κ3) is 5.49. The molecule has 0 aliphatic carbocycles. The van der Waals surface area contributed by atoms with Gasteiger partial charge in [-0.1, -0.05) is 31.9 Å². The van der Waals surface area contributed by atoms with Crippen molar-refractivity contribution in [1.82, 2.24) is 0 Å². The number of thiol groups is 1. The van der Waals surface area contributed by atoms with Crippen LogP contribution in [0.1, 0.15) is 38.2 Å². The summed E-state index contributed by atoms with van der Waals surface area (Å²) >= 11 is 4.23. The van der Waals surface area contributed by atoms with Crippen molar-refractivity contribution in [2.45, 2.75) is 39.0 Å². The Hall–Kier alpha value is -0.630. The summed E-state index contributed by atoms with van der Waals surface area (Å²) in [5, 5.41) is 0. The van der Waals surface area contributed by atoms with Crippen molar-refractivity contribution < 1.29 is 0 Å². The molecule has 0 bridgehead atoms. The highest BCUT2D eigenvalue weighted by Gasteiger charge is 2.00. The third-order valence-corrected chi connectivity index (χ3v) is 3.50. The summed E-state index contributed by atoms with van der Waals surface area (Å²) in [6.07, 6.45) is 6.27. The molecular formula is C15H25NS. The SMILES string of the molecule is CCc1ccc(N(C)CCCCCCS)cc1. The largest absolute Gasteiger partial charge is 0.375 e. The van der Waals surface area contributed by atoms with Gasteiger partial charge in [-0.2, -0.15) is 12.6 Å². The molecule has 0 heterocycles. The van der Waals surface area contributed by atoms with Crippen LogP contribution in [0.15, 0.2) is 24.3 Å². The van der Waals surface area contributed by atoms with Gasteiger partial charge < -0.3 is 4.90 Å². The van der Waals surface area contributed by atoms with Crippen LogP contribution in [0, 0.1) is 0 Å². The average molecular weight is 251 g/mol. The molecule has 0 N–H and O–H groups in total. The van der Waals surface area contributed by atoms with Crippen LogP contribution in [0.2, 0.25) is 0 Å². The van der Waals surface area contributed by atoms with Crippen LogP contribution >= 0.6 is 12.6 Å². The van der Waals surface area contributed by atoms with Gasteiger partial charge in [0.1, 0.15) is 0 Å². The van der Waals surface area contributed by atoms with Crippen molar-refractivity contribution in [3.8, 4) is 0 Å². The van der Waals surface area contributed by atoms with Gasteiger partial charge in [0.25, 0.3) is 0 Å². The zero-order chi connectivity index (χ0) is 12.5. The van der Waals surface area contributed by atoms with Gasteiger partial charge in [-0.3, -0.25) is 0 Å². The molecule has 0 unspecified atom stereocenters. The monoisotopic (exact) mass is 251 g/mol. The average Bonchev–Trinajstić information content (AvgIpc) is 2.38. The van der Waals surface area contributed by atoms with Crippen molar-refractivity contribution in [3.63, 3.8) is 0 Å². The molecule has 1 aromatic carbocycles. The Kier molecular flexibility index (Phi) is 7.18. The number of unbranched alkanes of at least 4 members (excludes halogenated alkanes) is 3. The highest BCUT2D eigenvalue weighted by molar-refractivity contribution is 7.80. The Bertz CT molecular complexity index is 294. The van der Waals surface area contributed by atoms with Gasteiger partial charge in [0.2, 0.25) is 0 Å². The van der Waals surface area contributed by atoms with Gasteiger partial charge in [-0.05, 0) is 42.7 Å². The third-order valence-electron chi connectivity index (χ3n) is 3.19. The van der Waals surface area contributed by atoms with E-state index >= 15 is 0 Å². The van der Waals surface area contributed by atoms with Gasteiger partial charge >= 0.3 is 0 Å². The minimum atomic E-state index is 1.02. The molecule has 1 aromatic rings. The maximum Gasteiger partial charge on any atom is 0.0363 e. The van der Waals surface area contributed by atoms with E-state index < -0.39 is 0 Å². The lowest BCUT2D eigenvalue weighted by Crippen LogP contribution is -2.18. The fourth-order valence-corrected chi connectivity index (χ4v) is 2.15. The molecule has 0 radical (unpaired) electrons. The van der Waals surface area contributed by atoms with E-state index in [4.69, 9.17) is 0 Å². The minimum Gasteiger partial charge on any atom is -0.375 e. The molecule has 0 atom stereocenters. The lowest BCUT2D eigenvalue weighted by molar-refractivity contribution is 0.665. The number of hydrogen-bond acceptors (Lipinski definition) is 2. The smallest absolute Gasteiger partial charge is 0.0363 e. The zero-order valence-electron chi connectivity index (χ0n) is 11.2. The summed E-state index contributed by atoms with van der Waals surface area (Å²) in [6.45, 7) is 3.35. The topological polar surface area (TPSA) is 3.24 Å². The molecule has 1 rings (SSSR count). The van der Waals surface area contributed by atoms with E-state index in [1.165, 1.54) is 36.9 Å². The first-order valence-electron chi connectivity index (χ1n) is 6.69. The number of benzene rings is 1. The predicted octanol–water partition coefficient (Wildman–Crippen LogP) is 4.18. The van der Waals surface area contributed by atoms with Crippen LogP contribution in [-0.4, -0.2) is 19.3 Å². The molecule has 2 heteroatoms. The zero-order valence-corrected chi connectivity index (χ0v) is 12.0. The molecule has 0 amide bonds. The lowest BCUT2D eigenvalue weighted by atomic mass is 10.1. The summed E-state index contributed by atoms with van der Waals surface area (Å²) in [5.74, 6) is 1.02. The van der Waals surface area contributed by atoms with Gasteiger partial charge in [0.15, 0.2) is 0 Å². The summed E-state index contributed by atoms with van der Waals surface area (Å²) < 4.78 is 0. The maximum atomic E-state index is 4.23. The first-order valence-corrected chi connectivity index (χ1v) is 7.32. The minimum absolute atomic E-state index is 1.02. The summed E-state index contributed by atoms with van der Waals surface area (Å²) in [4.78, 5) is 2.35. The first kappa shape index (κ1) is 14.4. The molecule has 0 aromatic heterocycles. The van der Waals surface area contributed by atoms with E-state index in [9.17, 15) is 0 Å². The van der Waals surface area contributed by atoms with Crippen LogP contribution in [0.5, 0.6) is 0 Å². The molecule has 17 heavy (non-hydrogen) atoms. The van der Waals surface area contributed by atoms with Crippen molar-refractivity contribution >= 4 is 18.3 Å². The highest BCUT2D eigenvalue weighted by Crippen LogP contribution is 2.15. The Morgan fingerprint density at radius 1 is 1.00 bits per heavy atom. The number of aryl methyl sites for hydroxylation is 1. The fraction of sp³-hybridized carbons (Fsp3) is 0.600. The van der Waals surface area contributed by atoms with Crippen LogP contribution in [0.25, 0.3) is 0 Å². The molecule has 0 aliphatic rings. The van der Waals surface area contributed by atoms with Crippen molar-refractivity contribution in [2.24, 2.45) is 0 Å². The number of anilines is 1.